The van der Waals surface area contributed by atoms with Gasteiger partial charge in [0.2, 0.25) is 17.6 Å². The summed E-state index contributed by atoms with van der Waals surface area (Å²) in [6, 6.07) is 8.01. The van der Waals surface area contributed by atoms with Gasteiger partial charge >= 0.3 is 6.09 Å². The molecule has 2 amide bonds. The molecule has 180 valence electrons. The van der Waals surface area contributed by atoms with Crippen molar-refractivity contribution < 1.29 is 18.8 Å². The van der Waals surface area contributed by atoms with Crippen molar-refractivity contribution in [2.24, 2.45) is 0 Å². The second-order valence-corrected chi connectivity index (χ2v) is 9.45. The maximum atomic E-state index is 12.5. The summed E-state index contributed by atoms with van der Waals surface area (Å²) < 4.78 is 10.7. The Hall–Kier alpha value is -2.94. The number of aromatic nitrogens is 2. The van der Waals surface area contributed by atoms with Crippen LogP contribution in [0.15, 0.2) is 28.8 Å². The standard InChI is InChI=1S/C24H35N5O4/c1-17-8-10-19(11-9-17)21-26-22(33-27-21)18(2)28-13-15-29(16-14-28)20(30)7-6-12-25-23(31)32-24(3,4)5/h8-11,18H,6-7,12-16H2,1-5H3,(H,25,31). The van der Waals surface area contributed by atoms with E-state index in [1.165, 1.54) is 5.56 Å². The fourth-order valence-electron chi connectivity index (χ4n) is 3.64. The van der Waals surface area contributed by atoms with E-state index in [1.807, 2.05) is 63.8 Å². The van der Waals surface area contributed by atoms with E-state index in [9.17, 15) is 9.59 Å². The first-order chi connectivity index (χ1) is 15.6. The number of carbonyl (C=O) groups is 2. The molecule has 3 rings (SSSR count). The van der Waals surface area contributed by atoms with E-state index in [-0.39, 0.29) is 11.9 Å². The molecular formula is C24H35N5O4. The first kappa shape index (κ1) is 24.7. The van der Waals surface area contributed by atoms with Gasteiger partial charge < -0.3 is 19.5 Å². The maximum absolute atomic E-state index is 12.5. The van der Waals surface area contributed by atoms with E-state index in [4.69, 9.17) is 9.26 Å². The Kier molecular flexibility index (Phi) is 8.07. The van der Waals surface area contributed by atoms with Crippen molar-refractivity contribution in [1.82, 2.24) is 25.3 Å². The Bertz CT molecular complexity index is 927. The van der Waals surface area contributed by atoms with Crippen LogP contribution in [0.3, 0.4) is 0 Å². The minimum absolute atomic E-state index is 0.0213. The molecule has 33 heavy (non-hydrogen) atoms. The molecule has 1 unspecified atom stereocenters. The number of hydrogen-bond acceptors (Lipinski definition) is 7. The van der Waals surface area contributed by atoms with Crippen LogP contribution in [0.25, 0.3) is 11.4 Å². The van der Waals surface area contributed by atoms with Gasteiger partial charge in [-0.25, -0.2) is 4.79 Å². The molecule has 0 spiro atoms. The zero-order chi connectivity index (χ0) is 24.0. The summed E-state index contributed by atoms with van der Waals surface area (Å²) in [7, 11) is 0. The molecule has 0 bridgehead atoms. The number of rotatable bonds is 7. The number of aryl methyl sites for hydroxylation is 1. The molecule has 2 heterocycles. The summed E-state index contributed by atoms with van der Waals surface area (Å²) >= 11 is 0. The Balaban J connectivity index is 1.41. The van der Waals surface area contributed by atoms with Crippen molar-refractivity contribution in [3.63, 3.8) is 0 Å². The van der Waals surface area contributed by atoms with Crippen LogP contribution in [-0.4, -0.2) is 70.3 Å². The lowest BCUT2D eigenvalue weighted by Gasteiger charge is -2.36. The Labute approximate surface area is 195 Å². The number of amides is 2. The van der Waals surface area contributed by atoms with Gasteiger partial charge in [-0.2, -0.15) is 4.98 Å². The maximum Gasteiger partial charge on any atom is 0.407 e. The Morgan fingerprint density at radius 3 is 2.45 bits per heavy atom. The van der Waals surface area contributed by atoms with Crippen molar-refractivity contribution in [2.75, 3.05) is 32.7 Å². The van der Waals surface area contributed by atoms with Crippen LogP contribution in [0, 0.1) is 6.92 Å². The highest BCUT2D eigenvalue weighted by Crippen LogP contribution is 2.24. The minimum Gasteiger partial charge on any atom is -0.444 e. The molecule has 0 aliphatic carbocycles. The highest BCUT2D eigenvalue weighted by Gasteiger charge is 2.27. The first-order valence-corrected chi connectivity index (χ1v) is 11.5. The second kappa shape index (κ2) is 10.8. The van der Waals surface area contributed by atoms with Crippen molar-refractivity contribution >= 4 is 12.0 Å². The van der Waals surface area contributed by atoms with Crippen LogP contribution in [0.5, 0.6) is 0 Å². The van der Waals surface area contributed by atoms with Gasteiger partial charge in [-0.05, 0) is 41.0 Å². The summed E-state index contributed by atoms with van der Waals surface area (Å²) in [6.45, 7) is 12.7. The van der Waals surface area contributed by atoms with E-state index in [0.717, 1.165) is 18.7 Å². The Morgan fingerprint density at radius 1 is 1.15 bits per heavy atom. The molecule has 0 saturated carbocycles. The first-order valence-electron chi connectivity index (χ1n) is 11.5. The minimum atomic E-state index is -0.528. The zero-order valence-corrected chi connectivity index (χ0v) is 20.3. The summed E-state index contributed by atoms with van der Waals surface area (Å²) in [5.41, 5.74) is 1.59. The van der Waals surface area contributed by atoms with E-state index >= 15 is 0 Å². The molecule has 1 atom stereocenters. The molecule has 0 radical (unpaired) electrons. The number of piperazine rings is 1. The third-order valence-electron chi connectivity index (χ3n) is 5.56. The molecule has 1 fully saturated rings. The lowest BCUT2D eigenvalue weighted by molar-refractivity contribution is -0.133. The molecule has 1 aromatic carbocycles. The van der Waals surface area contributed by atoms with Gasteiger partial charge in [0.15, 0.2) is 0 Å². The molecule has 2 aromatic rings. The van der Waals surface area contributed by atoms with Crippen LogP contribution < -0.4 is 5.32 Å². The molecule has 1 saturated heterocycles. The molecule has 1 aliphatic rings. The Morgan fingerprint density at radius 2 is 1.82 bits per heavy atom. The van der Waals surface area contributed by atoms with E-state index < -0.39 is 11.7 Å². The highest BCUT2D eigenvalue weighted by molar-refractivity contribution is 5.76. The van der Waals surface area contributed by atoms with Crippen molar-refractivity contribution in [2.45, 2.75) is 59.1 Å². The summed E-state index contributed by atoms with van der Waals surface area (Å²) in [4.78, 5) is 32.9. The molecular weight excluding hydrogens is 422 g/mol. The lowest BCUT2D eigenvalue weighted by Crippen LogP contribution is -2.49. The molecule has 9 heteroatoms. The highest BCUT2D eigenvalue weighted by atomic mass is 16.6. The van der Waals surface area contributed by atoms with Gasteiger partial charge in [-0.15, -0.1) is 0 Å². The van der Waals surface area contributed by atoms with E-state index in [0.29, 0.717) is 44.2 Å². The number of alkyl carbamates (subject to hydrolysis) is 1. The summed E-state index contributed by atoms with van der Waals surface area (Å²) in [5, 5.41) is 6.82. The predicted octanol–water partition coefficient (Wildman–Crippen LogP) is 3.56. The number of nitrogens with one attached hydrogen (secondary N) is 1. The van der Waals surface area contributed by atoms with Crippen molar-refractivity contribution in [1.29, 1.82) is 0 Å². The van der Waals surface area contributed by atoms with Gasteiger partial charge in [0.05, 0.1) is 6.04 Å². The number of carbonyl (C=O) groups excluding carboxylic acids is 2. The van der Waals surface area contributed by atoms with E-state index in [1.54, 1.807) is 0 Å². The zero-order valence-electron chi connectivity index (χ0n) is 20.3. The molecule has 1 N–H and O–H groups in total. The number of ether oxygens (including phenoxy) is 1. The topological polar surface area (TPSA) is 101 Å². The van der Waals surface area contributed by atoms with Gasteiger partial charge in [-0.1, -0.05) is 35.0 Å². The molecule has 1 aromatic heterocycles. The molecule has 1 aliphatic heterocycles. The average molecular weight is 458 g/mol. The fourth-order valence-corrected chi connectivity index (χ4v) is 3.64. The van der Waals surface area contributed by atoms with Gasteiger partial charge in [0.25, 0.3) is 0 Å². The van der Waals surface area contributed by atoms with Crippen LogP contribution in [0.2, 0.25) is 0 Å². The SMILES string of the molecule is Cc1ccc(-c2noc(C(C)N3CCN(C(=O)CCCNC(=O)OC(C)(C)C)CC3)n2)cc1. The average Bonchev–Trinajstić information content (AvgIpc) is 3.26. The summed E-state index contributed by atoms with van der Waals surface area (Å²) in [5.74, 6) is 1.27. The number of nitrogens with zero attached hydrogens (tertiary/aromatic N) is 4. The van der Waals surface area contributed by atoms with Crippen LogP contribution >= 0.6 is 0 Å². The quantitative estimate of drug-likeness (QED) is 0.635. The van der Waals surface area contributed by atoms with Crippen molar-refractivity contribution in [3.8, 4) is 11.4 Å². The number of benzene rings is 1. The third kappa shape index (κ3) is 7.28. The van der Waals surface area contributed by atoms with Crippen LogP contribution in [0.4, 0.5) is 4.79 Å². The smallest absolute Gasteiger partial charge is 0.407 e. The number of hydrogen-bond donors (Lipinski definition) is 1. The van der Waals surface area contributed by atoms with Gasteiger partial charge in [0.1, 0.15) is 5.60 Å². The monoisotopic (exact) mass is 457 g/mol. The van der Waals surface area contributed by atoms with Crippen LogP contribution in [-0.2, 0) is 9.53 Å². The van der Waals surface area contributed by atoms with Crippen molar-refractivity contribution in [3.05, 3.63) is 35.7 Å². The van der Waals surface area contributed by atoms with Crippen LogP contribution in [0.1, 0.15) is 58.0 Å². The van der Waals surface area contributed by atoms with Gasteiger partial charge in [-0.3, -0.25) is 9.69 Å². The van der Waals surface area contributed by atoms with E-state index in [2.05, 4.69) is 20.4 Å². The summed E-state index contributed by atoms with van der Waals surface area (Å²) in [6.07, 6.45) is 0.525. The third-order valence-corrected chi connectivity index (χ3v) is 5.56. The lowest BCUT2D eigenvalue weighted by atomic mass is 10.1. The van der Waals surface area contributed by atoms with Gasteiger partial charge in [0, 0.05) is 44.7 Å². The largest absolute Gasteiger partial charge is 0.444 e. The fraction of sp³-hybridized carbons (Fsp3) is 0.583. The normalized spacial score (nSPS) is 15.8. The second-order valence-electron chi connectivity index (χ2n) is 9.45. The predicted molar refractivity (Wildman–Crippen MR) is 125 cm³/mol. The molecule has 9 nitrogen and oxygen atoms in total.